The second-order valence-corrected chi connectivity index (χ2v) is 6.39. The van der Waals surface area contributed by atoms with E-state index in [4.69, 9.17) is 16.7 Å². The third-order valence-corrected chi connectivity index (χ3v) is 4.73. The lowest BCUT2D eigenvalue weighted by molar-refractivity contribution is -0.139. The van der Waals surface area contributed by atoms with Gasteiger partial charge in [0, 0.05) is 18.1 Å². The Morgan fingerprint density at radius 2 is 1.87 bits per heavy atom. The van der Waals surface area contributed by atoms with Gasteiger partial charge in [-0.2, -0.15) is 0 Å². The lowest BCUT2D eigenvalue weighted by atomic mass is 9.99. The van der Waals surface area contributed by atoms with Crippen molar-refractivity contribution in [2.75, 3.05) is 13.1 Å². The number of rotatable bonds is 3. The highest BCUT2D eigenvalue weighted by molar-refractivity contribution is 6.30. The molecule has 1 aromatic carbocycles. The maximum Gasteiger partial charge on any atom is 0.320 e. The maximum absolute atomic E-state index is 12.5. The zero-order valence-electron chi connectivity index (χ0n) is 12.7. The predicted octanol–water partition coefficient (Wildman–Crippen LogP) is 2.16. The van der Waals surface area contributed by atoms with E-state index in [2.05, 4.69) is 11.4 Å². The first-order chi connectivity index (χ1) is 11.0. The van der Waals surface area contributed by atoms with Crippen LogP contribution in [0.3, 0.4) is 0 Å². The summed E-state index contributed by atoms with van der Waals surface area (Å²) in [6.45, 7) is 1.22. The Morgan fingerprint density at radius 1 is 1.17 bits per heavy atom. The van der Waals surface area contributed by atoms with Gasteiger partial charge in [-0.05, 0) is 42.5 Å². The normalized spacial score (nSPS) is 24.4. The van der Waals surface area contributed by atoms with Crippen LogP contribution >= 0.6 is 11.6 Å². The molecule has 0 saturated carbocycles. The van der Waals surface area contributed by atoms with Gasteiger partial charge in [0.1, 0.15) is 6.04 Å². The van der Waals surface area contributed by atoms with Crippen LogP contribution in [-0.4, -0.2) is 47.1 Å². The molecule has 1 amide bonds. The molecular formula is C17H19ClN2O3. The minimum atomic E-state index is -0.885. The summed E-state index contributed by atoms with van der Waals surface area (Å²) in [7, 11) is 0. The number of halogens is 1. The summed E-state index contributed by atoms with van der Waals surface area (Å²) >= 11 is 5.90. The Bertz CT molecular complexity index is 642. The zero-order chi connectivity index (χ0) is 16.4. The molecule has 1 aromatic rings. The van der Waals surface area contributed by atoms with Gasteiger partial charge in [0.05, 0.1) is 6.04 Å². The number of carboxylic acid groups (broad SMARTS) is 1. The van der Waals surface area contributed by atoms with Gasteiger partial charge in [-0.1, -0.05) is 29.8 Å². The molecule has 2 aliphatic rings. The predicted molar refractivity (Wildman–Crippen MR) is 88.2 cm³/mol. The van der Waals surface area contributed by atoms with E-state index in [0.29, 0.717) is 31.0 Å². The summed E-state index contributed by atoms with van der Waals surface area (Å²) in [5.41, 5.74) is 2.35. The van der Waals surface area contributed by atoms with Crippen molar-refractivity contribution < 1.29 is 14.7 Å². The lowest BCUT2D eigenvalue weighted by Gasteiger charge is -2.29. The summed E-state index contributed by atoms with van der Waals surface area (Å²) in [6.07, 6.45) is 3.95. The number of aliphatic carboxylic acids is 1. The molecule has 0 unspecified atom stereocenters. The molecule has 0 radical (unpaired) electrons. The van der Waals surface area contributed by atoms with Crippen LogP contribution in [-0.2, 0) is 9.59 Å². The quantitative estimate of drug-likeness (QED) is 0.888. The van der Waals surface area contributed by atoms with E-state index in [0.717, 1.165) is 12.0 Å². The molecule has 122 valence electrons. The first-order valence-electron chi connectivity index (χ1n) is 7.77. The number of carbonyl (C=O) groups is 2. The first-order valence-corrected chi connectivity index (χ1v) is 8.15. The number of hydrogen-bond donors (Lipinski definition) is 2. The zero-order valence-corrected chi connectivity index (χ0v) is 13.4. The van der Waals surface area contributed by atoms with Crippen LogP contribution in [0.5, 0.6) is 0 Å². The molecule has 0 bridgehead atoms. The highest BCUT2D eigenvalue weighted by Gasteiger charge is 2.35. The van der Waals surface area contributed by atoms with Gasteiger partial charge in [-0.25, -0.2) is 0 Å². The van der Waals surface area contributed by atoms with Crippen molar-refractivity contribution in [2.45, 2.75) is 31.3 Å². The second-order valence-electron chi connectivity index (χ2n) is 5.96. The Labute approximate surface area is 139 Å². The van der Waals surface area contributed by atoms with Crippen molar-refractivity contribution >= 4 is 29.1 Å². The molecular weight excluding hydrogens is 316 g/mol. The first kappa shape index (κ1) is 16.0. The average Bonchev–Trinajstić information content (AvgIpc) is 3.05. The monoisotopic (exact) mass is 334 g/mol. The Hall–Kier alpha value is -1.85. The number of amides is 1. The summed E-state index contributed by atoms with van der Waals surface area (Å²) in [5.74, 6) is -0.885. The van der Waals surface area contributed by atoms with Gasteiger partial charge < -0.3 is 10.0 Å². The van der Waals surface area contributed by atoms with Crippen LogP contribution in [0.1, 0.15) is 24.8 Å². The van der Waals surface area contributed by atoms with E-state index in [9.17, 15) is 9.59 Å². The lowest BCUT2D eigenvalue weighted by Crippen LogP contribution is -2.47. The number of carbonyl (C=O) groups excluding carboxylic acids is 1. The second kappa shape index (κ2) is 6.72. The fourth-order valence-corrected chi connectivity index (χ4v) is 3.27. The third-order valence-electron chi connectivity index (χ3n) is 4.48. The molecule has 1 saturated heterocycles. The van der Waals surface area contributed by atoms with Gasteiger partial charge in [-0.15, -0.1) is 0 Å². The van der Waals surface area contributed by atoms with Gasteiger partial charge in [0.15, 0.2) is 0 Å². The van der Waals surface area contributed by atoms with E-state index in [-0.39, 0.29) is 11.9 Å². The summed E-state index contributed by atoms with van der Waals surface area (Å²) < 4.78 is 0. The van der Waals surface area contributed by atoms with Gasteiger partial charge in [0.2, 0.25) is 5.91 Å². The van der Waals surface area contributed by atoms with Gasteiger partial charge in [-0.3, -0.25) is 14.9 Å². The maximum atomic E-state index is 12.5. The summed E-state index contributed by atoms with van der Waals surface area (Å²) in [5, 5.41) is 12.6. The molecule has 2 aliphatic heterocycles. The minimum Gasteiger partial charge on any atom is -0.480 e. The molecule has 0 spiro atoms. The van der Waals surface area contributed by atoms with Gasteiger partial charge >= 0.3 is 5.97 Å². The fraction of sp³-hybridized carbons (Fsp3) is 0.412. The molecule has 2 heterocycles. The van der Waals surface area contributed by atoms with Crippen molar-refractivity contribution in [3.63, 3.8) is 0 Å². The van der Waals surface area contributed by atoms with Crippen LogP contribution in [0.2, 0.25) is 5.02 Å². The highest BCUT2D eigenvalue weighted by Crippen LogP contribution is 2.25. The third kappa shape index (κ3) is 3.57. The standard InChI is InChI=1S/C17H19ClN2O3/c18-13-3-1-11(2-4-13)12-7-9-20(10-8-12)16(21)14-5-6-15(19-14)17(22)23/h1-4,7,14-15,19H,5-6,8-10H2,(H,22,23)/t14-,15+/m1/s1. The van der Waals surface area contributed by atoms with E-state index >= 15 is 0 Å². The SMILES string of the molecule is O=C(O)[C@@H]1CC[C@H](C(=O)N2CC=C(c3ccc(Cl)cc3)CC2)N1. The number of nitrogens with zero attached hydrogens (tertiary/aromatic N) is 1. The van der Waals surface area contributed by atoms with Crippen molar-refractivity contribution in [1.82, 2.24) is 10.2 Å². The number of carboxylic acids is 1. The van der Waals surface area contributed by atoms with Crippen LogP contribution in [0.25, 0.3) is 5.57 Å². The van der Waals surface area contributed by atoms with Crippen molar-refractivity contribution in [2.24, 2.45) is 0 Å². The van der Waals surface area contributed by atoms with E-state index in [1.807, 2.05) is 24.3 Å². The minimum absolute atomic E-state index is 0.000145. The van der Waals surface area contributed by atoms with E-state index in [1.54, 1.807) is 4.90 Å². The molecule has 3 rings (SSSR count). The van der Waals surface area contributed by atoms with Crippen LogP contribution < -0.4 is 5.32 Å². The van der Waals surface area contributed by atoms with Crippen molar-refractivity contribution in [3.8, 4) is 0 Å². The van der Waals surface area contributed by atoms with Crippen LogP contribution in [0, 0.1) is 0 Å². The largest absolute Gasteiger partial charge is 0.480 e. The molecule has 23 heavy (non-hydrogen) atoms. The van der Waals surface area contributed by atoms with Crippen molar-refractivity contribution in [3.05, 3.63) is 40.9 Å². The molecule has 5 nitrogen and oxygen atoms in total. The molecule has 0 aliphatic carbocycles. The Kier molecular flexibility index (Phi) is 4.68. The van der Waals surface area contributed by atoms with E-state index < -0.39 is 12.0 Å². The van der Waals surface area contributed by atoms with Crippen LogP contribution in [0.15, 0.2) is 30.3 Å². The summed E-state index contributed by atoms with van der Waals surface area (Å²) in [4.78, 5) is 25.2. The van der Waals surface area contributed by atoms with E-state index in [1.165, 1.54) is 5.57 Å². The highest BCUT2D eigenvalue weighted by atomic mass is 35.5. The smallest absolute Gasteiger partial charge is 0.320 e. The molecule has 6 heteroatoms. The number of nitrogens with one attached hydrogen (secondary N) is 1. The van der Waals surface area contributed by atoms with Gasteiger partial charge in [0.25, 0.3) is 0 Å². The number of hydrogen-bond acceptors (Lipinski definition) is 3. The molecule has 2 N–H and O–H groups in total. The molecule has 0 aromatic heterocycles. The topological polar surface area (TPSA) is 69.6 Å². The summed E-state index contributed by atoms with van der Waals surface area (Å²) in [6, 6.07) is 6.73. The van der Waals surface area contributed by atoms with Crippen molar-refractivity contribution in [1.29, 1.82) is 0 Å². The molecule has 2 atom stereocenters. The molecule has 1 fully saturated rings. The Balaban J connectivity index is 1.61. The average molecular weight is 335 g/mol. The Morgan fingerprint density at radius 3 is 2.43 bits per heavy atom. The fourth-order valence-electron chi connectivity index (χ4n) is 3.15. The van der Waals surface area contributed by atoms with Crippen LogP contribution in [0.4, 0.5) is 0 Å². The number of benzene rings is 1.